The van der Waals surface area contributed by atoms with Gasteiger partial charge in [-0.3, -0.25) is 19.1 Å². The Morgan fingerprint density at radius 3 is 2.79 bits per heavy atom. The van der Waals surface area contributed by atoms with Crippen LogP contribution in [0.3, 0.4) is 0 Å². The first-order chi connectivity index (χ1) is 11.4. The van der Waals surface area contributed by atoms with Crippen LogP contribution in [0, 0.1) is 0 Å². The fourth-order valence-corrected chi connectivity index (χ4v) is 2.49. The molecular formula is C14H16N6O3S. The van der Waals surface area contributed by atoms with E-state index in [0.29, 0.717) is 5.71 Å². The van der Waals surface area contributed by atoms with E-state index in [1.165, 1.54) is 14.1 Å². The summed E-state index contributed by atoms with van der Waals surface area (Å²) in [5.74, 6) is -0.439. The Balaban J connectivity index is 2.00. The predicted octanol–water partition coefficient (Wildman–Crippen LogP) is -0.493. The third-order valence-electron chi connectivity index (χ3n) is 3.06. The summed E-state index contributed by atoms with van der Waals surface area (Å²) < 4.78 is 1.99. The largest absolute Gasteiger partial charge is 0.346 e. The molecule has 0 saturated carbocycles. The molecule has 1 N–H and O–H groups in total. The zero-order valence-corrected chi connectivity index (χ0v) is 14.2. The van der Waals surface area contributed by atoms with E-state index in [0.717, 1.165) is 26.6 Å². The van der Waals surface area contributed by atoms with Gasteiger partial charge in [0.2, 0.25) is 5.91 Å². The van der Waals surface area contributed by atoms with E-state index < -0.39 is 11.2 Å². The van der Waals surface area contributed by atoms with Crippen molar-refractivity contribution < 1.29 is 4.79 Å². The summed E-state index contributed by atoms with van der Waals surface area (Å²) in [6.45, 7) is 1.74. The molecule has 0 atom stereocenters. The minimum absolute atomic E-state index is 0.0513. The Morgan fingerprint density at radius 2 is 2.12 bits per heavy atom. The van der Waals surface area contributed by atoms with Gasteiger partial charge in [-0.2, -0.15) is 10.2 Å². The van der Waals surface area contributed by atoms with E-state index in [2.05, 4.69) is 20.6 Å². The van der Waals surface area contributed by atoms with E-state index >= 15 is 0 Å². The van der Waals surface area contributed by atoms with Gasteiger partial charge in [-0.05, 0) is 13.0 Å². The van der Waals surface area contributed by atoms with E-state index in [1.807, 2.05) is 6.07 Å². The van der Waals surface area contributed by atoms with Gasteiger partial charge in [0, 0.05) is 32.1 Å². The van der Waals surface area contributed by atoms with Crippen LogP contribution in [0.5, 0.6) is 0 Å². The van der Waals surface area contributed by atoms with Crippen LogP contribution >= 0.6 is 11.8 Å². The van der Waals surface area contributed by atoms with Gasteiger partial charge in [-0.15, -0.1) is 0 Å². The fourth-order valence-electron chi connectivity index (χ4n) is 1.71. The highest BCUT2D eigenvalue weighted by atomic mass is 32.2. The number of rotatable bonds is 5. The molecule has 0 fully saturated rings. The summed E-state index contributed by atoms with van der Waals surface area (Å²) in [6, 6.07) is 3.60. The van der Waals surface area contributed by atoms with Crippen LogP contribution in [-0.4, -0.2) is 36.7 Å². The van der Waals surface area contributed by atoms with Crippen molar-refractivity contribution in [3.05, 3.63) is 50.9 Å². The molecule has 0 aliphatic heterocycles. The van der Waals surface area contributed by atoms with Gasteiger partial charge in [-0.1, -0.05) is 17.8 Å². The molecule has 0 radical (unpaired) electrons. The van der Waals surface area contributed by atoms with Gasteiger partial charge in [0.05, 0.1) is 11.5 Å². The highest BCUT2D eigenvalue weighted by Crippen LogP contribution is 2.08. The standard InChI is InChI=1S/C14H16N6O3S/c1-9(10-5-4-6-15-7-10)16-17-11(21)8-24-12-13(22)19(2)14(23)20(3)18-12/h4-7H,8H2,1-3H3,(H,17,21)/b16-9-. The van der Waals surface area contributed by atoms with Crippen molar-refractivity contribution >= 4 is 23.4 Å². The summed E-state index contributed by atoms with van der Waals surface area (Å²) >= 11 is 0.942. The van der Waals surface area contributed by atoms with Crippen molar-refractivity contribution in [1.82, 2.24) is 24.8 Å². The minimum Gasteiger partial charge on any atom is -0.272 e. The molecule has 0 saturated heterocycles. The molecule has 1 amide bonds. The number of nitrogens with zero attached hydrogens (tertiary/aromatic N) is 5. The lowest BCUT2D eigenvalue weighted by Gasteiger charge is -2.05. The molecule has 24 heavy (non-hydrogen) atoms. The number of hydrazone groups is 1. The maximum Gasteiger partial charge on any atom is 0.346 e. The lowest BCUT2D eigenvalue weighted by Crippen LogP contribution is -2.39. The number of hydrogen-bond donors (Lipinski definition) is 1. The van der Waals surface area contributed by atoms with E-state index in [9.17, 15) is 14.4 Å². The van der Waals surface area contributed by atoms with E-state index in [-0.39, 0.29) is 16.7 Å². The zero-order valence-electron chi connectivity index (χ0n) is 13.4. The van der Waals surface area contributed by atoms with Gasteiger partial charge >= 0.3 is 5.69 Å². The molecule has 0 bridgehead atoms. The number of aromatic nitrogens is 4. The lowest BCUT2D eigenvalue weighted by atomic mass is 10.2. The topological polar surface area (TPSA) is 111 Å². The van der Waals surface area contributed by atoms with Crippen molar-refractivity contribution in [3.63, 3.8) is 0 Å². The molecule has 0 unspecified atom stereocenters. The molecule has 2 aromatic rings. The number of thioether (sulfide) groups is 1. The van der Waals surface area contributed by atoms with E-state index in [1.54, 1.807) is 25.4 Å². The molecule has 2 aromatic heterocycles. The van der Waals surface area contributed by atoms with Gasteiger partial charge < -0.3 is 0 Å². The van der Waals surface area contributed by atoms with Crippen LogP contribution in [0.4, 0.5) is 0 Å². The maximum absolute atomic E-state index is 11.9. The summed E-state index contributed by atoms with van der Waals surface area (Å²) in [6.07, 6.45) is 3.28. The Hall–Kier alpha value is -2.75. The van der Waals surface area contributed by atoms with Crippen LogP contribution in [0.2, 0.25) is 0 Å². The van der Waals surface area contributed by atoms with Crippen LogP contribution in [0.25, 0.3) is 0 Å². The third-order valence-corrected chi connectivity index (χ3v) is 4.00. The average Bonchev–Trinajstić information content (AvgIpc) is 2.60. The number of hydrogen-bond acceptors (Lipinski definition) is 7. The van der Waals surface area contributed by atoms with Crippen LogP contribution in [-0.2, 0) is 18.9 Å². The predicted molar refractivity (Wildman–Crippen MR) is 90.0 cm³/mol. The molecular weight excluding hydrogens is 332 g/mol. The monoisotopic (exact) mass is 348 g/mol. The van der Waals surface area contributed by atoms with Crippen LogP contribution in [0.15, 0.2) is 44.2 Å². The fraction of sp³-hybridized carbons (Fsp3) is 0.286. The number of carbonyl (C=O) groups excluding carboxylic acids is 1. The van der Waals surface area contributed by atoms with Crippen molar-refractivity contribution in [1.29, 1.82) is 0 Å². The smallest absolute Gasteiger partial charge is 0.272 e. The van der Waals surface area contributed by atoms with Crippen molar-refractivity contribution in [3.8, 4) is 0 Å². The molecule has 0 aromatic carbocycles. The summed E-state index contributed by atoms with van der Waals surface area (Å²) in [7, 11) is 2.80. The van der Waals surface area contributed by atoms with Crippen molar-refractivity contribution in [2.24, 2.45) is 19.2 Å². The molecule has 0 spiro atoms. The molecule has 9 nitrogen and oxygen atoms in total. The second kappa shape index (κ2) is 7.68. The summed E-state index contributed by atoms with van der Waals surface area (Å²) in [5, 5.41) is 7.91. The summed E-state index contributed by atoms with van der Waals surface area (Å²) in [5.41, 5.74) is 2.75. The first kappa shape index (κ1) is 17.6. The Labute approximate surface area is 141 Å². The molecule has 126 valence electrons. The molecule has 2 rings (SSSR count). The highest BCUT2D eigenvalue weighted by molar-refractivity contribution is 7.99. The zero-order chi connectivity index (χ0) is 17.7. The molecule has 2 heterocycles. The van der Waals surface area contributed by atoms with Crippen molar-refractivity contribution in [2.45, 2.75) is 11.9 Å². The SMILES string of the molecule is C/C(=N/NC(=O)CSc1nn(C)c(=O)n(C)c1=O)c1cccnc1. The summed E-state index contributed by atoms with van der Waals surface area (Å²) in [4.78, 5) is 39.3. The quantitative estimate of drug-likeness (QED) is 0.443. The normalized spacial score (nSPS) is 11.4. The maximum atomic E-state index is 11.9. The highest BCUT2D eigenvalue weighted by Gasteiger charge is 2.11. The van der Waals surface area contributed by atoms with Crippen molar-refractivity contribution in [2.75, 3.05) is 5.75 Å². The van der Waals surface area contributed by atoms with Gasteiger partial charge in [0.1, 0.15) is 0 Å². The first-order valence-corrected chi connectivity index (χ1v) is 7.89. The Morgan fingerprint density at radius 1 is 1.38 bits per heavy atom. The second-order valence-corrected chi connectivity index (χ2v) is 5.80. The third kappa shape index (κ3) is 4.16. The van der Waals surface area contributed by atoms with E-state index in [4.69, 9.17) is 0 Å². The number of nitrogens with one attached hydrogen (secondary N) is 1. The first-order valence-electron chi connectivity index (χ1n) is 6.91. The Kier molecular flexibility index (Phi) is 5.64. The number of carbonyl (C=O) groups is 1. The second-order valence-electron chi connectivity index (χ2n) is 4.84. The molecule has 10 heteroatoms. The Bertz CT molecular complexity index is 888. The number of amides is 1. The number of aryl methyl sites for hydroxylation is 1. The molecule has 0 aliphatic rings. The van der Waals surface area contributed by atoms with Crippen LogP contribution < -0.4 is 16.7 Å². The van der Waals surface area contributed by atoms with Gasteiger partial charge in [0.15, 0.2) is 5.03 Å². The van der Waals surface area contributed by atoms with Crippen LogP contribution in [0.1, 0.15) is 12.5 Å². The average molecular weight is 348 g/mol. The van der Waals surface area contributed by atoms with Gasteiger partial charge in [0.25, 0.3) is 5.56 Å². The van der Waals surface area contributed by atoms with Gasteiger partial charge in [-0.25, -0.2) is 14.9 Å². The number of pyridine rings is 1. The molecule has 0 aliphatic carbocycles. The lowest BCUT2D eigenvalue weighted by molar-refractivity contribution is -0.118. The minimum atomic E-state index is -0.536.